The first-order valence-corrected chi connectivity index (χ1v) is 7.65. The maximum Gasteiger partial charge on any atom is 0.417 e. The molecule has 129 valence electrons. The summed E-state index contributed by atoms with van der Waals surface area (Å²) < 4.78 is 78.3. The average molecular weight is 371 g/mol. The molecule has 0 aliphatic rings. The van der Waals surface area contributed by atoms with Crippen LogP contribution in [0.25, 0.3) is 0 Å². The van der Waals surface area contributed by atoms with Crippen molar-refractivity contribution in [1.82, 2.24) is 0 Å². The van der Waals surface area contributed by atoms with Gasteiger partial charge in [-0.1, -0.05) is 35.9 Å². The molecule has 1 nitrogen and oxygen atoms in total. The van der Waals surface area contributed by atoms with Crippen molar-refractivity contribution >= 4 is 38.3 Å². The van der Waals surface area contributed by atoms with Crippen LogP contribution in [0.15, 0.2) is 42.5 Å². The normalized spacial score (nSPS) is 12.3. The second-order valence-corrected chi connectivity index (χ2v) is 6.33. The maximum absolute atomic E-state index is 13.1. The zero-order valence-electron chi connectivity index (χ0n) is 13.2. The maximum atomic E-state index is 13.1. The van der Waals surface area contributed by atoms with E-state index in [0.29, 0.717) is 23.5 Å². The topological polar surface area (TPSA) is 17.1 Å². The molecule has 2 aromatic carbocycles. The average Bonchev–Trinajstić information content (AvgIpc) is 2.47. The standard InChI is InChI=1S/C16H11F6OP.Li/c1-9-5-7-10(8-6-9)24-14(23)13-11(15(17,18)19)3-2-4-12(13)16(20,21)22;/h2-8,24H,1H3;. The van der Waals surface area contributed by atoms with Crippen molar-refractivity contribution in [2.24, 2.45) is 0 Å². The van der Waals surface area contributed by atoms with Gasteiger partial charge in [0, 0.05) is 24.4 Å². The van der Waals surface area contributed by atoms with Crippen molar-refractivity contribution in [1.29, 1.82) is 0 Å². The Kier molecular flexibility index (Phi) is 6.92. The summed E-state index contributed by atoms with van der Waals surface area (Å²) in [6, 6.07) is 7.91. The fraction of sp³-hybridized carbons (Fsp3) is 0.188. The molecule has 0 fully saturated rings. The number of halogens is 6. The molecule has 0 aliphatic heterocycles. The van der Waals surface area contributed by atoms with E-state index in [1.807, 2.05) is 0 Å². The molecule has 1 atom stereocenters. The van der Waals surface area contributed by atoms with Crippen LogP contribution in [-0.2, 0) is 12.4 Å². The minimum atomic E-state index is -5.05. The number of aryl methyl sites for hydroxylation is 1. The van der Waals surface area contributed by atoms with Crippen LogP contribution in [0, 0.1) is 6.92 Å². The molecule has 1 radical (unpaired) electrons. The van der Waals surface area contributed by atoms with Gasteiger partial charge in [0.15, 0.2) is 5.52 Å². The zero-order chi connectivity index (χ0) is 18.1. The van der Waals surface area contributed by atoms with Gasteiger partial charge < -0.3 is 0 Å². The van der Waals surface area contributed by atoms with Crippen LogP contribution < -0.4 is 5.30 Å². The van der Waals surface area contributed by atoms with E-state index < -0.39 is 43.1 Å². The van der Waals surface area contributed by atoms with E-state index in [1.165, 1.54) is 12.1 Å². The number of carbonyl (C=O) groups is 1. The molecule has 9 heteroatoms. The second-order valence-electron chi connectivity index (χ2n) is 5.04. The number of carbonyl (C=O) groups excluding carboxylic acids is 1. The molecule has 0 saturated carbocycles. The van der Waals surface area contributed by atoms with Gasteiger partial charge in [-0.2, -0.15) is 26.3 Å². The summed E-state index contributed by atoms with van der Waals surface area (Å²) in [5.74, 6) is 0. The number of hydrogen-bond acceptors (Lipinski definition) is 1. The summed E-state index contributed by atoms with van der Waals surface area (Å²) in [5, 5.41) is 0.371. The third-order valence-corrected chi connectivity index (χ3v) is 4.31. The fourth-order valence-corrected chi connectivity index (χ4v) is 3.09. The Labute approximate surface area is 153 Å². The number of alkyl halides is 6. The van der Waals surface area contributed by atoms with Gasteiger partial charge in [-0.05, 0) is 32.9 Å². The Bertz CT molecular complexity index is 720. The van der Waals surface area contributed by atoms with E-state index in [2.05, 4.69) is 0 Å². The van der Waals surface area contributed by atoms with Crippen LogP contribution >= 0.6 is 8.58 Å². The van der Waals surface area contributed by atoms with E-state index in [1.54, 1.807) is 19.1 Å². The summed E-state index contributed by atoms with van der Waals surface area (Å²) in [4.78, 5) is 12.2. The van der Waals surface area contributed by atoms with Gasteiger partial charge in [0.1, 0.15) is 0 Å². The first kappa shape index (κ1) is 21.8. The third kappa shape index (κ3) is 5.34. The quantitative estimate of drug-likeness (QED) is 0.431. The van der Waals surface area contributed by atoms with Crippen molar-refractivity contribution in [3.8, 4) is 0 Å². The van der Waals surface area contributed by atoms with E-state index in [9.17, 15) is 31.1 Å². The van der Waals surface area contributed by atoms with Crippen LogP contribution in [0.2, 0.25) is 0 Å². The van der Waals surface area contributed by atoms with Gasteiger partial charge in [0.2, 0.25) is 0 Å². The molecule has 0 spiro atoms. The molecule has 25 heavy (non-hydrogen) atoms. The largest absolute Gasteiger partial charge is 0.417 e. The van der Waals surface area contributed by atoms with Gasteiger partial charge in [-0.15, -0.1) is 0 Å². The van der Waals surface area contributed by atoms with Gasteiger partial charge in [0.05, 0.1) is 11.1 Å². The van der Waals surface area contributed by atoms with Crippen molar-refractivity contribution in [2.75, 3.05) is 0 Å². The van der Waals surface area contributed by atoms with Gasteiger partial charge in [0.25, 0.3) is 0 Å². The molecule has 0 saturated heterocycles. The Hall–Kier alpha value is -1.28. The molecular formula is C16H11F6LiOP. The second kappa shape index (κ2) is 7.95. The monoisotopic (exact) mass is 371 g/mol. The van der Waals surface area contributed by atoms with Crippen molar-refractivity contribution in [3.63, 3.8) is 0 Å². The van der Waals surface area contributed by atoms with E-state index >= 15 is 0 Å². The van der Waals surface area contributed by atoms with Crippen molar-refractivity contribution < 1.29 is 31.1 Å². The molecule has 2 rings (SSSR count). The minimum Gasteiger partial charge on any atom is -0.289 e. The smallest absolute Gasteiger partial charge is 0.289 e. The van der Waals surface area contributed by atoms with Crippen molar-refractivity contribution in [3.05, 3.63) is 64.7 Å². The van der Waals surface area contributed by atoms with E-state index in [-0.39, 0.29) is 18.9 Å². The van der Waals surface area contributed by atoms with Crippen LogP contribution in [0.3, 0.4) is 0 Å². The summed E-state index contributed by atoms with van der Waals surface area (Å²) in [7, 11) is -0.836. The van der Waals surface area contributed by atoms with Crippen molar-refractivity contribution in [2.45, 2.75) is 19.3 Å². The number of rotatable bonds is 3. The van der Waals surface area contributed by atoms with Gasteiger partial charge >= 0.3 is 12.4 Å². The molecule has 2 aromatic rings. The van der Waals surface area contributed by atoms with Gasteiger partial charge in [-0.25, -0.2) is 0 Å². The Balaban J connectivity index is 0.00000312. The molecule has 0 aromatic heterocycles. The molecule has 0 N–H and O–H groups in total. The zero-order valence-corrected chi connectivity index (χ0v) is 14.2. The molecule has 0 bridgehead atoms. The summed E-state index contributed by atoms with van der Waals surface area (Å²) in [6.07, 6.45) is -10.1. The third-order valence-electron chi connectivity index (χ3n) is 3.21. The predicted molar refractivity (Wildman–Crippen MR) is 85.7 cm³/mol. The minimum absolute atomic E-state index is 0. The fourth-order valence-electron chi connectivity index (χ4n) is 2.10. The molecule has 0 aliphatic carbocycles. The van der Waals surface area contributed by atoms with Crippen LogP contribution in [0.1, 0.15) is 27.0 Å². The number of hydrogen-bond donors (Lipinski definition) is 0. The predicted octanol–water partition coefficient (Wildman–Crippen LogP) is 4.80. The molecule has 0 heterocycles. The van der Waals surface area contributed by atoms with Crippen LogP contribution in [0.5, 0.6) is 0 Å². The van der Waals surface area contributed by atoms with Crippen LogP contribution in [-0.4, -0.2) is 24.4 Å². The summed E-state index contributed by atoms with van der Waals surface area (Å²) >= 11 is 0. The molecule has 1 unspecified atom stereocenters. The molecule has 0 amide bonds. The summed E-state index contributed by atoms with van der Waals surface area (Å²) in [5.41, 5.74) is -4.79. The number of benzene rings is 2. The first-order chi connectivity index (χ1) is 11.0. The Morgan fingerprint density at radius 2 is 1.28 bits per heavy atom. The van der Waals surface area contributed by atoms with Gasteiger partial charge in [-0.3, -0.25) is 4.79 Å². The Morgan fingerprint density at radius 3 is 1.68 bits per heavy atom. The SMILES string of the molecule is Cc1ccc(PC(=O)c2c(C(F)(F)F)cccc2C(F)(F)F)cc1.[Li]. The first-order valence-electron chi connectivity index (χ1n) is 6.65. The Morgan fingerprint density at radius 1 is 0.840 bits per heavy atom. The summed E-state index contributed by atoms with van der Waals surface area (Å²) in [6.45, 7) is 1.77. The van der Waals surface area contributed by atoms with Crippen LogP contribution in [0.4, 0.5) is 26.3 Å². The van der Waals surface area contributed by atoms with E-state index in [4.69, 9.17) is 0 Å². The molecular weight excluding hydrogens is 360 g/mol. The van der Waals surface area contributed by atoms with E-state index in [0.717, 1.165) is 5.56 Å².